The zero-order valence-electron chi connectivity index (χ0n) is 12.2. The van der Waals surface area contributed by atoms with Gasteiger partial charge in [0, 0.05) is 0 Å². The summed E-state index contributed by atoms with van der Waals surface area (Å²) in [5.74, 6) is -0.744. The van der Waals surface area contributed by atoms with Gasteiger partial charge in [0.05, 0.1) is 6.61 Å². The van der Waals surface area contributed by atoms with E-state index >= 15 is 0 Å². The fourth-order valence-corrected chi connectivity index (χ4v) is 3.02. The SMILES string of the molecule is CCOC(=O)C1(c2ccc(CC)cc2)C=C(C(F)(F)F)SN1. The molecule has 0 aromatic heterocycles. The summed E-state index contributed by atoms with van der Waals surface area (Å²) in [6, 6.07) is 6.89. The highest BCUT2D eigenvalue weighted by Gasteiger charge is 2.50. The van der Waals surface area contributed by atoms with Crippen LogP contribution in [0.3, 0.4) is 0 Å². The van der Waals surface area contributed by atoms with Crippen molar-refractivity contribution in [2.45, 2.75) is 32.0 Å². The number of esters is 1. The van der Waals surface area contributed by atoms with Gasteiger partial charge in [0.1, 0.15) is 4.91 Å². The summed E-state index contributed by atoms with van der Waals surface area (Å²) < 4.78 is 46.3. The fraction of sp³-hybridized carbons (Fsp3) is 0.400. The minimum Gasteiger partial charge on any atom is -0.464 e. The Hall–Kier alpha value is -1.47. The van der Waals surface area contributed by atoms with Gasteiger partial charge in [-0.3, -0.25) is 0 Å². The predicted molar refractivity (Wildman–Crippen MR) is 79.0 cm³/mol. The number of aryl methyl sites for hydroxylation is 1. The van der Waals surface area contributed by atoms with Crippen LogP contribution in [0, 0.1) is 0 Å². The molecule has 1 N–H and O–H groups in total. The molecule has 0 saturated heterocycles. The zero-order valence-corrected chi connectivity index (χ0v) is 13.0. The Morgan fingerprint density at radius 2 is 1.91 bits per heavy atom. The quantitative estimate of drug-likeness (QED) is 0.674. The zero-order chi connectivity index (χ0) is 16.4. The van der Waals surface area contributed by atoms with Crippen LogP contribution in [0.2, 0.25) is 0 Å². The lowest BCUT2D eigenvalue weighted by molar-refractivity contribution is -0.148. The van der Waals surface area contributed by atoms with E-state index in [0.717, 1.165) is 18.1 Å². The summed E-state index contributed by atoms with van der Waals surface area (Å²) >= 11 is 0.401. The lowest BCUT2D eigenvalue weighted by Crippen LogP contribution is -2.43. The normalized spacial score (nSPS) is 21.6. The molecule has 120 valence electrons. The van der Waals surface area contributed by atoms with Crippen molar-refractivity contribution in [1.29, 1.82) is 0 Å². The second kappa shape index (κ2) is 6.34. The third-order valence-electron chi connectivity index (χ3n) is 3.36. The van der Waals surface area contributed by atoms with Gasteiger partial charge in [0.25, 0.3) is 0 Å². The molecule has 0 radical (unpaired) electrons. The number of carbonyl (C=O) groups excluding carboxylic acids is 1. The molecule has 1 unspecified atom stereocenters. The average molecular weight is 331 g/mol. The van der Waals surface area contributed by atoms with Crippen LogP contribution in [0.4, 0.5) is 13.2 Å². The van der Waals surface area contributed by atoms with E-state index in [0.29, 0.717) is 17.5 Å². The summed E-state index contributed by atoms with van der Waals surface area (Å²) in [4.78, 5) is 11.4. The van der Waals surface area contributed by atoms with E-state index in [1.807, 2.05) is 6.92 Å². The van der Waals surface area contributed by atoms with Gasteiger partial charge in [0.15, 0.2) is 5.54 Å². The molecule has 0 bridgehead atoms. The van der Waals surface area contributed by atoms with Gasteiger partial charge in [-0.1, -0.05) is 31.2 Å². The van der Waals surface area contributed by atoms with Crippen molar-refractivity contribution in [2.24, 2.45) is 0 Å². The van der Waals surface area contributed by atoms with Gasteiger partial charge in [-0.05, 0) is 42.5 Å². The number of nitrogens with one attached hydrogen (secondary N) is 1. The molecular formula is C15H16F3NO2S. The molecular weight excluding hydrogens is 315 g/mol. The highest BCUT2D eigenvalue weighted by atomic mass is 32.2. The Kier molecular flexibility index (Phi) is 4.87. The molecule has 1 atom stereocenters. The number of allylic oxidation sites excluding steroid dienone is 1. The number of alkyl halides is 3. The van der Waals surface area contributed by atoms with E-state index in [4.69, 9.17) is 4.74 Å². The van der Waals surface area contributed by atoms with Crippen LogP contribution in [0.15, 0.2) is 35.2 Å². The molecule has 2 rings (SSSR count). The molecule has 0 fully saturated rings. The van der Waals surface area contributed by atoms with Gasteiger partial charge in [-0.2, -0.15) is 13.2 Å². The number of benzene rings is 1. The third-order valence-corrected chi connectivity index (χ3v) is 4.36. The second-order valence-electron chi connectivity index (χ2n) is 4.79. The molecule has 1 aromatic rings. The van der Waals surface area contributed by atoms with Crippen molar-refractivity contribution in [3.05, 3.63) is 46.4 Å². The lowest BCUT2D eigenvalue weighted by atomic mass is 9.89. The third kappa shape index (κ3) is 3.15. The molecule has 0 saturated carbocycles. The Balaban J connectivity index is 2.47. The lowest BCUT2D eigenvalue weighted by Gasteiger charge is -2.25. The summed E-state index contributed by atoms with van der Waals surface area (Å²) in [6.07, 6.45) is -2.80. The van der Waals surface area contributed by atoms with E-state index in [1.165, 1.54) is 0 Å². The Morgan fingerprint density at radius 1 is 1.27 bits per heavy atom. The van der Waals surface area contributed by atoms with Crippen LogP contribution < -0.4 is 4.72 Å². The highest BCUT2D eigenvalue weighted by Crippen LogP contribution is 2.44. The largest absolute Gasteiger partial charge is 0.464 e. The Labute approximate surface area is 131 Å². The van der Waals surface area contributed by atoms with Crippen molar-refractivity contribution in [3.8, 4) is 0 Å². The highest BCUT2D eigenvalue weighted by molar-refractivity contribution is 8.01. The molecule has 1 heterocycles. The number of ether oxygens (including phenoxy) is 1. The number of rotatable bonds is 4. The summed E-state index contributed by atoms with van der Waals surface area (Å²) in [5.41, 5.74) is -0.152. The van der Waals surface area contributed by atoms with Crippen LogP contribution >= 0.6 is 11.9 Å². The maximum absolute atomic E-state index is 12.9. The molecule has 0 aliphatic carbocycles. The minimum absolute atomic E-state index is 0.0924. The summed E-state index contributed by atoms with van der Waals surface area (Å²) in [5, 5.41) is 0. The first-order chi connectivity index (χ1) is 10.3. The molecule has 3 nitrogen and oxygen atoms in total. The standard InChI is InChI=1S/C15H16F3NO2S/c1-3-10-5-7-11(8-6-10)14(13(20)21-4-2)9-12(22-19-14)15(16,17)18/h5-9,19H,3-4H2,1-2H3. The predicted octanol–water partition coefficient (Wildman–Crippen LogP) is 3.71. The first-order valence-electron chi connectivity index (χ1n) is 6.84. The van der Waals surface area contributed by atoms with E-state index in [9.17, 15) is 18.0 Å². The van der Waals surface area contributed by atoms with E-state index in [-0.39, 0.29) is 6.61 Å². The molecule has 1 aliphatic rings. The molecule has 1 aliphatic heterocycles. The molecule has 0 spiro atoms. The van der Waals surface area contributed by atoms with Crippen molar-refractivity contribution in [2.75, 3.05) is 6.61 Å². The number of halogens is 3. The van der Waals surface area contributed by atoms with Gasteiger partial charge < -0.3 is 4.74 Å². The molecule has 22 heavy (non-hydrogen) atoms. The maximum Gasteiger partial charge on any atom is 0.423 e. The van der Waals surface area contributed by atoms with Crippen LogP contribution in [-0.4, -0.2) is 18.8 Å². The van der Waals surface area contributed by atoms with Gasteiger partial charge in [0.2, 0.25) is 0 Å². The van der Waals surface area contributed by atoms with Crippen molar-refractivity contribution < 1.29 is 22.7 Å². The van der Waals surface area contributed by atoms with E-state index in [2.05, 4.69) is 4.72 Å². The first kappa shape index (κ1) is 16.9. The Bertz CT molecular complexity index is 583. The smallest absolute Gasteiger partial charge is 0.423 e. The van der Waals surface area contributed by atoms with Crippen LogP contribution in [0.1, 0.15) is 25.0 Å². The van der Waals surface area contributed by atoms with Crippen molar-refractivity contribution >= 4 is 17.9 Å². The number of hydrogen-bond donors (Lipinski definition) is 1. The second-order valence-corrected chi connectivity index (χ2v) is 5.64. The summed E-state index contributed by atoms with van der Waals surface area (Å²) in [6.45, 7) is 3.68. The minimum atomic E-state index is -4.50. The number of hydrogen-bond acceptors (Lipinski definition) is 4. The number of carbonyl (C=O) groups is 1. The van der Waals surface area contributed by atoms with E-state index < -0.39 is 22.6 Å². The average Bonchev–Trinajstić information content (AvgIpc) is 2.94. The van der Waals surface area contributed by atoms with Gasteiger partial charge >= 0.3 is 12.1 Å². The monoisotopic (exact) mass is 331 g/mol. The fourth-order valence-electron chi connectivity index (χ4n) is 2.14. The Morgan fingerprint density at radius 3 is 2.36 bits per heavy atom. The summed E-state index contributed by atoms with van der Waals surface area (Å²) in [7, 11) is 0. The van der Waals surface area contributed by atoms with Gasteiger partial charge in [-0.25, -0.2) is 9.52 Å². The van der Waals surface area contributed by atoms with E-state index in [1.54, 1.807) is 31.2 Å². The van der Waals surface area contributed by atoms with Crippen LogP contribution in [-0.2, 0) is 21.5 Å². The molecule has 7 heteroatoms. The topological polar surface area (TPSA) is 38.3 Å². The maximum atomic E-state index is 12.9. The van der Waals surface area contributed by atoms with Crippen molar-refractivity contribution in [1.82, 2.24) is 4.72 Å². The van der Waals surface area contributed by atoms with Gasteiger partial charge in [-0.15, -0.1) is 0 Å². The molecule has 1 aromatic carbocycles. The molecule has 0 amide bonds. The first-order valence-corrected chi connectivity index (χ1v) is 7.66. The van der Waals surface area contributed by atoms with Crippen molar-refractivity contribution in [3.63, 3.8) is 0 Å². The van der Waals surface area contributed by atoms with Crippen LogP contribution in [0.5, 0.6) is 0 Å². The van der Waals surface area contributed by atoms with Crippen LogP contribution in [0.25, 0.3) is 0 Å².